The average molecular weight is 409 g/mol. The first kappa shape index (κ1) is 24.4. The smallest absolute Gasteiger partial charge is 0.253 e. The molecule has 0 amide bonds. The van der Waals surface area contributed by atoms with Crippen LogP contribution in [0.2, 0.25) is 0 Å². The lowest BCUT2D eigenvalue weighted by Gasteiger charge is -2.05. The fourth-order valence-electron chi connectivity index (χ4n) is 2.96. The maximum atomic E-state index is 10.4. The summed E-state index contributed by atoms with van der Waals surface area (Å²) < 4.78 is 35.7. The molecule has 0 aliphatic rings. The molecule has 2 aromatic rings. The van der Waals surface area contributed by atoms with Crippen LogP contribution in [0.4, 0.5) is 0 Å². The third-order valence-corrected chi connectivity index (χ3v) is 5.81. The summed E-state index contributed by atoms with van der Waals surface area (Å²) in [5, 5.41) is 0. The van der Waals surface area contributed by atoms with E-state index in [9.17, 15) is 13.0 Å². The minimum atomic E-state index is -4.27. The Morgan fingerprint density at radius 1 is 0.929 bits per heavy atom. The number of benzene rings is 1. The molecule has 158 valence electrons. The highest BCUT2D eigenvalue weighted by molar-refractivity contribution is 7.85. The van der Waals surface area contributed by atoms with Crippen molar-refractivity contribution in [2.24, 2.45) is 7.05 Å². The van der Waals surface area contributed by atoms with E-state index in [1.165, 1.54) is 75.9 Å². The lowest BCUT2D eigenvalue weighted by atomic mass is 10.1. The van der Waals surface area contributed by atoms with Crippen molar-refractivity contribution in [2.75, 3.05) is 0 Å². The number of imidazole rings is 1. The van der Waals surface area contributed by atoms with Crippen LogP contribution in [0.3, 0.4) is 0 Å². The highest BCUT2D eigenvalue weighted by atomic mass is 32.2. The predicted molar refractivity (Wildman–Crippen MR) is 112 cm³/mol. The van der Waals surface area contributed by atoms with Gasteiger partial charge in [-0.3, -0.25) is 0 Å². The summed E-state index contributed by atoms with van der Waals surface area (Å²) in [5.74, 6) is 1.35. The topological polar surface area (TPSA) is 66.0 Å². The summed E-state index contributed by atoms with van der Waals surface area (Å²) in [7, 11) is -2.16. The number of nitrogens with zero attached hydrogens (tertiary/aromatic N) is 2. The van der Waals surface area contributed by atoms with Gasteiger partial charge in [-0.2, -0.15) is 0 Å². The second-order valence-electron chi connectivity index (χ2n) is 7.39. The van der Waals surface area contributed by atoms with Gasteiger partial charge in [0, 0.05) is 6.92 Å². The standard InChI is InChI=1S/C15H29N2.C7H8O3S/c1-4-5-6-7-8-9-10-11-12-17-14-13-16(3)15(17)2;1-6-2-4-7(5-3-6)11(8,9)10/h13-14H,4-12H2,1-3H3;2-5H,1H3,(H,8,9,10)/q+1;/p-1. The number of rotatable bonds is 10. The van der Waals surface area contributed by atoms with Crippen molar-refractivity contribution in [3.63, 3.8) is 0 Å². The zero-order valence-electron chi connectivity index (χ0n) is 17.9. The predicted octanol–water partition coefficient (Wildman–Crippen LogP) is 4.66. The molecule has 28 heavy (non-hydrogen) atoms. The van der Waals surface area contributed by atoms with Crippen molar-refractivity contribution >= 4 is 10.1 Å². The number of hydrogen-bond acceptors (Lipinski definition) is 3. The summed E-state index contributed by atoms with van der Waals surface area (Å²) in [6, 6.07) is 5.78. The maximum absolute atomic E-state index is 10.4. The molecule has 6 heteroatoms. The molecule has 2 rings (SSSR count). The highest BCUT2D eigenvalue weighted by Gasteiger charge is 2.07. The molecule has 0 N–H and O–H groups in total. The van der Waals surface area contributed by atoms with Gasteiger partial charge in [0.05, 0.1) is 18.5 Å². The molecule has 0 fully saturated rings. The van der Waals surface area contributed by atoms with Crippen LogP contribution in [0.5, 0.6) is 0 Å². The number of unbranched alkanes of at least 4 members (excludes halogenated alkanes) is 7. The summed E-state index contributed by atoms with van der Waals surface area (Å²) >= 11 is 0. The maximum Gasteiger partial charge on any atom is 0.253 e. The average Bonchev–Trinajstić information content (AvgIpc) is 2.96. The van der Waals surface area contributed by atoms with Crippen molar-refractivity contribution in [3.8, 4) is 0 Å². The van der Waals surface area contributed by atoms with Crippen LogP contribution in [0.25, 0.3) is 0 Å². The molecule has 0 radical (unpaired) electrons. The molecule has 0 unspecified atom stereocenters. The zero-order valence-corrected chi connectivity index (χ0v) is 18.7. The first-order chi connectivity index (χ1) is 13.3. The van der Waals surface area contributed by atoms with Gasteiger partial charge >= 0.3 is 0 Å². The summed E-state index contributed by atoms with van der Waals surface area (Å²) in [4.78, 5) is -0.178. The fourth-order valence-corrected chi connectivity index (χ4v) is 3.43. The van der Waals surface area contributed by atoms with Gasteiger partial charge in [-0.05, 0) is 31.9 Å². The van der Waals surface area contributed by atoms with E-state index in [2.05, 4.69) is 42.4 Å². The Hall–Kier alpha value is -1.66. The normalized spacial score (nSPS) is 11.2. The number of hydrogen-bond donors (Lipinski definition) is 0. The zero-order chi connectivity index (χ0) is 21.0. The fraction of sp³-hybridized carbons (Fsp3) is 0.591. The second-order valence-corrected chi connectivity index (χ2v) is 8.77. The Kier molecular flexibility index (Phi) is 11.1. The Bertz CT molecular complexity index is 781. The Morgan fingerprint density at radius 2 is 1.46 bits per heavy atom. The minimum Gasteiger partial charge on any atom is -0.744 e. The van der Waals surface area contributed by atoms with Gasteiger partial charge in [0.15, 0.2) is 0 Å². The van der Waals surface area contributed by atoms with E-state index in [0.29, 0.717) is 0 Å². The van der Waals surface area contributed by atoms with E-state index in [0.717, 1.165) is 5.56 Å². The molecule has 1 heterocycles. The third-order valence-electron chi connectivity index (χ3n) is 4.96. The van der Waals surface area contributed by atoms with Crippen molar-refractivity contribution in [3.05, 3.63) is 48.0 Å². The first-order valence-electron chi connectivity index (χ1n) is 10.3. The van der Waals surface area contributed by atoms with Gasteiger partial charge in [-0.25, -0.2) is 17.6 Å². The van der Waals surface area contributed by atoms with Crippen molar-refractivity contribution < 1.29 is 17.5 Å². The van der Waals surface area contributed by atoms with Crippen LogP contribution in [-0.4, -0.2) is 17.5 Å². The van der Waals surface area contributed by atoms with Gasteiger partial charge in [0.25, 0.3) is 5.82 Å². The van der Waals surface area contributed by atoms with Crippen LogP contribution in [-0.2, 0) is 23.7 Å². The Labute approximate surface area is 171 Å². The van der Waals surface area contributed by atoms with E-state index in [-0.39, 0.29) is 4.90 Å². The molecule has 5 nitrogen and oxygen atoms in total. The number of aromatic nitrogens is 2. The molecule has 1 aromatic carbocycles. The number of aryl methyl sites for hydroxylation is 3. The van der Waals surface area contributed by atoms with Crippen LogP contribution >= 0.6 is 0 Å². The molecular formula is C22H36N2O3S. The molecule has 0 saturated carbocycles. The molecule has 0 saturated heterocycles. The third kappa shape index (κ3) is 9.51. The van der Waals surface area contributed by atoms with E-state index in [4.69, 9.17) is 0 Å². The second kappa shape index (κ2) is 12.7. The van der Waals surface area contributed by atoms with Gasteiger partial charge in [-0.15, -0.1) is 0 Å². The van der Waals surface area contributed by atoms with E-state index in [1.54, 1.807) is 12.1 Å². The molecular weight excluding hydrogens is 372 g/mol. The van der Waals surface area contributed by atoms with Gasteiger partial charge in [-0.1, -0.05) is 63.1 Å². The molecule has 0 aliphatic heterocycles. The van der Waals surface area contributed by atoms with E-state index in [1.807, 2.05) is 6.92 Å². The monoisotopic (exact) mass is 408 g/mol. The van der Waals surface area contributed by atoms with Gasteiger partial charge < -0.3 is 4.55 Å². The minimum absolute atomic E-state index is 0.178. The van der Waals surface area contributed by atoms with E-state index >= 15 is 0 Å². The lowest BCUT2D eigenvalue weighted by molar-refractivity contribution is -0.677. The summed E-state index contributed by atoms with van der Waals surface area (Å²) in [6.07, 6.45) is 15.5. The largest absolute Gasteiger partial charge is 0.744 e. The Morgan fingerprint density at radius 3 is 1.93 bits per heavy atom. The van der Waals surface area contributed by atoms with Gasteiger partial charge in [0.1, 0.15) is 22.5 Å². The van der Waals surface area contributed by atoms with E-state index < -0.39 is 10.1 Å². The molecule has 0 aliphatic carbocycles. The summed E-state index contributed by atoms with van der Waals surface area (Å²) in [6.45, 7) is 7.47. The molecule has 0 spiro atoms. The first-order valence-corrected chi connectivity index (χ1v) is 11.7. The Balaban J connectivity index is 0.000000307. The quantitative estimate of drug-likeness (QED) is 0.326. The molecule has 1 aromatic heterocycles. The highest BCUT2D eigenvalue weighted by Crippen LogP contribution is 2.10. The van der Waals surface area contributed by atoms with Crippen molar-refractivity contribution in [2.45, 2.75) is 83.6 Å². The molecule has 0 atom stereocenters. The summed E-state index contributed by atoms with van der Waals surface area (Å²) in [5.41, 5.74) is 0.928. The van der Waals surface area contributed by atoms with Crippen LogP contribution < -0.4 is 4.57 Å². The lowest BCUT2D eigenvalue weighted by Crippen LogP contribution is -2.29. The van der Waals surface area contributed by atoms with Crippen LogP contribution in [0.1, 0.15) is 69.7 Å². The van der Waals surface area contributed by atoms with Crippen LogP contribution in [0, 0.1) is 13.8 Å². The van der Waals surface area contributed by atoms with Gasteiger partial charge in [0.2, 0.25) is 0 Å². The SMILES string of the molecule is CCCCCCCCCCn1cc[n+](C)c1C.Cc1ccc(S(=O)(=O)[O-])cc1. The van der Waals surface area contributed by atoms with Crippen molar-refractivity contribution in [1.82, 2.24) is 4.57 Å². The van der Waals surface area contributed by atoms with Crippen LogP contribution in [0.15, 0.2) is 41.6 Å². The van der Waals surface area contributed by atoms with Crippen molar-refractivity contribution in [1.29, 1.82) is 0 Å². The molecule has 0 bridgehead atoms.